The van der Waals surface area contributed by atoms with E-state index in [0.29, 0.717) is 5.92 Å². The average molecular weight is 1030 g/mol. The van der Waals surface area contributed by atoms with E-state index in [2.05, 4.69) is 180 Å². The van der Waals surface area contributed by atoms with E-state index in [9.17, 15) is 0 Å². The molecular weight excluding hydrogens is 975 g/mol. The van der Waals surface area contributed by atoms with Crippen LogP contribution < -0.4 is 5.19 Å². The molecule has 327 valence electrons. The van der Waals surface area contributed by atoms with Gasteiger partial charge in [0.15, 0.2) is 0 Å². The van der Waals surface area contributed by atoms with Gasteiger partial charge in [0.1, 0.15) is 5.58 Å². The molecule has 0 aliphatic heterocycles. The van der Waals surface area contributed by atoms with Crippen LogP contribution >= 0.6 is 0 Å². The van der Waals surface area contributed by atoms with E-state index >= 15 is 0 Å². The van der Waals surface area contributed by atoms with Crippen molar-refractivity contribution in [2.45, 2.75) is 97.7 Å². The second-order valence-electron chi connectivity index (χ2n) is 19.8. The molecule has 3 aromatic heterocycles. The molecule has 1 aliphatic rings. The summed E-state index contributed by atoms with van der Waals surface area (Å²) in [5.41, 5.74) is 14.3. The van der Waals surface area contributed by atoms with Crippen LogP contribution in [0.5, 0.6) is 0 Å². The standard InChI is InChI=1S/C35H27N2O.C23H32NSi.Ir/c1-35(2,3)24-20-21-30(28(22-24)23-12-5-4-6-13-23)37-31-18-9-8-17-29(31)36-34(37)27-16-11-15-26-25-14-7-10-19-32(25)38-33(26)27;1-17(2)19-10-12-20(13-11-19)22-15-21(14-18-8-6-7-9-18)23(16-24-22)25(3,4)5;/h4-15,17-22H,1-3H3;10-12,15-18H,6-9,14H2,1-5H3;/q2*-1;. The number of imidazole rings is 1. The molecule has 10 rings (SSSR count). The van der Waals surface area contributed by atoms with Crippen LogP contribution in [0.1, 0.15) is 82.9 Å². The molecule has 3 heterocycles. The Morgan fingerprint density at radius 1 is 0.797 bits per heavy atom. The fourth-order valence-electron chi connectivity index (χ4n) is 9.31. The summed E-state index contributed by atoms with van der Waals surface area (Å²) in [6, 6.07) is 53.8. The number of aromatic nitrogens is 3. The van der Waals surface area contributed by atoms with Crippen LogP contribution in [0.25, 0.3) is 72.4 Å². The van der Waals surface area contributed by atoms with Gasteiger partial charge in [0.05, 0.1) is 30.5 Å². The van der Waals surface area contributed by atoms with Gasteiger partial charge in [-0.2, -0.15) is 0 Å². The summed E-state index contributed by atoms with van der Waals surface area (Å²) in [5, 5.41) is 3.71. The van der Waals surface area contributed by atoms with E-state index in [-0.39, 0.29) is 25.5 Å². The van der Waals surface area contributed by atoms with Gasteiger partial charge in [0.25, 0.3) is 0 Å². The predicted molar refractivity (Wildman–Crippen MR) is 268 cm³/mol. The molecule has 0 atom stereocenters. The zero-order valence-electron chi connectivity index (χ0n) is 38.6. The Balaban J connectivity index is 0.000000188. The molecular formula is C58H59IrN3OSi-2. The summed E-state index contributed by atoms with van der Waals surface area (Å²) in [4.78, 5) is 9.99. The summed E-state index contributed by atoms with van der Waals surface area (Å²) in [5.74, 6) is 2.24. The Morgan fingerprint density at radius 2 is 1.53 bits per heavy atom. The molecule has 0 saturated heterocycles. The number of fused-ring (bicyclic) bond motifs is 4. The Hall–Kier alpha value is -5.39. The molecule has 1 aliphatic carbocycles. The summed E-state index contributed by atoms with van der Waals surface area (Å²) >= 11 is 0. The fraction of sp³-hybridized carbons (Fsp3) is 0.276. The van der Waals surface area contributed by atoms with Crippen molar-refractivity contribution in [3.05, 3.63) is 168 Å². The van der Waals surface area contributed by atoms with Crippen LogP contribution in [0.2, 0.25) is 19.6 Å². The molecule has 6 heteroatoms. The van der Waals surface area contributed by atoms with Gasteiger partial charge in [-0.1, -0.05) is 175 Å². The molecule has 64 heavy (non-hydrogen) atoms. The van der Waals surface area contributed by atoms with Crippen molar-refractivity contribution in [2.75, 3.05) is 0 Å². The van der Waals surface area contributed by atoms with Gasteiger partial charge in [0.2, 0.25) is 0 Å². The number of pyridine rings is 1. The van der Waals surface area contributed by atoms with Crippen molar-refractivity contribution >= 4 is 46.2 Å². The van der Waals surface area contributed by atoms with Gasteiger partial charge >= 0.3 is 0 Å². The van der Waals surface area contributed by atoms with Crippen molar-refractivity contribution < 1.29 is 24.5 Å². The minimum Gasteiger partial charge on any atom is -0.501 e. The van der Waals surface area contributed by atoms with Crippen LogP contribution in [0.4, 0.5) is 0 Å². The molecule has 0 unspecified atom stereocenters. The SMILES string of the molecule is CC(C)(C)c1ccc(-n2c(-c3[c-]ccc4c3oc3ccccc34)nc3ccccc32)c(-c2ccccc2)c1.CC(C)c1c[c-]c(-c2cc(CC3CCCC3)c([Si](C)(C)C)cn2)cc1.[Ir]. The van der Waals surface area contributed by atoms with Gasteiger partial charge in [-0.15, -0.1) is 53.6 Å². The van der Waals surface area contributed by atoms with E-state index in [0.717, 1.165) is 67.2 Å². The number of rotatable bonds is 8. The van der Waals surface area contributed by atoms with Crippen LogP contribution in [0.3, 0.4) is 0 Å². The Morgan fingerprint density at radius 3 is 2.25 bits per heavy atom. The first-order chi connectivity index (χ1) is 30.3. The molecule has 0 N–H and O–H groups in total. The largest absolute Gasteiger partial charge is 0.501 e. The first-order valence-corrected chi connectivity index (χ1v) is 26.3. The monoisotopic (exact) mass is 1030 g/mol. The van der Waals surface area contributed by atoms with Crippen molar-refractivity contribution in [3.63, 3.8) is 0 Å². The first kappa shape index (κ1) is 45.2. The second kappa shape index (κ2) is 18.6. The molecule has 9 aromatic rings. The molecule has 1 radical (unpaired) electrons. The Bertz CT molecular complexity index is 3030. The molecule has 1 saturated carbocycles. The maximum absolute atomic E-state index is 6.42. The quantitative estimate of drug-likeness (QED) is 0.113. The van der Waals surface area contributed by atoms with Crippen molar-refractivity contribution in [1.29, 1.82) is 0 Å². The van der Waals surface area contributed by atoms with E-state index < -0.39 is 8.07 Å². The van der Waals surface area contributed by atoms with Gasteiger partial charge in [-0.3, -0.25) is 4.98 Å². The van der Waals surface area contributed by atoms with E-state index in [1.807, 2.05) is 30.3 Å². The Kier molecular flexibility index (Phi) is 13.1. The molecule has 4 nitrogen and oxygen atoms in total. The normalized spacial score (nSPS) is 13.4. The summed E-state index contributed by atoms with van der Waals surface area (Å²) in [7, 11) is -1.37. The Labute approximate surface area is 394 Å². The smallest absolute Gasteiger partial charge is 0.120 e. The molecule has 1 fully saturated rings. The number of furan rings is 1. The van der Waals surface area contributed by atoms with Gasteiger partial charge in [-0.25, -0.2) is 0 Å². The number of hydrogen-bond donors (Lipinski definition) is 0. The van der Waals surface area contributed by atoms with Crippen LogP contribution in [-0.2, 0) is 31.9 Å². The molecule has 0 amide bonds. The maximum atomic E-state index is 6.42. The van der Waals surface area contributed by atoms with E-state index in [1.165, 1.54) is 54.4 Å². The zero-order chi connectivity index (χ0) is 43.9. The minimum atomic E-state index is -1.37. The minimum absolute atomic E-state index is 0. The maximum Gasteiger partial charge on any atom is 0.120 e. The number of para-hydroxylation sites is 3. The number of benzene rings is 6. The van der Waals surface area contributed by atoms with Crippen molar-refractivity contribution in [2.24, 2.45) is 5.92 Å². The number of hydrogen-bond acceptors (Lipinski definition) is 3. The van der Waals surface area contributed by atoms with Crippen LogP contribution in [0, 0.1) is 18.1 Å². The average Bonchev–Trinajstić information content (AvgIpc) is 4.04. The first-order valence-electron chi connectivity index (χ1n) is 22.8. The van der Waals surface area contributed by atoms with E-state index in [4.69, 9.17) is 14.4 Å². The fourth-order valence-corrected chi connectivity index (χ4v) is 10.9. The summed E-state index contributed by atoms with van der Waals surface area (Å²) in [6.45, 7) is 18.5. The van der Waals surface area contributed by atoms with Gasteiger partial charge in [-0.05, 0) is 70.1 Å². The van der Waals surface area contributed by atoms with Crippen molar-refractivity contribution in [3.8, 4) is 39.5 Å². The summed E-state index contributed by atoms with van der Waals surface area (Å²) < 4.78 is 8.69. The van der Waals surface area contributed by atoms with Gasteiger partial charge in [0, 0.05) is 42.9 Å². The third-order valence-electron chi connectivity index (χ3n) is 12.9. The van der Waals surface area contributed by atoms with Crippen LogP contribution in [0.15, 0.2) is 144 Å². The zero-order valence-corrected chi connectivity index (χ0v) is 41.9. The van der Waals surface area contributed by atoms with E-state index in [1.54, 1.807) is 10.8 Å². The topological polar surface area (TPSA) is 43.9 Å². The van der Waals surface area contributed by atoms with Gasteiger partial charge < -0.3 is 14.0 Å². The van der Waals surface area contributed by atoms with Crippen molar-refractivity contribution in [1.82, 2.24) is 14.5 Å². The molecule has 6 aromatic carbocycles. The summed E-state index contributed by atoms with van der Waals surface area (Å²) in [6.07, 6.45) is 9.04. The molecule has 0 bridgehead atoms. The number of nitrogens with zero attached hydrogens (tertiary/aromatic N) is 3. The second-order valence-corrected chi connectivity index (χ2v) is 24.9. The molecule has 0 spiro atoms. The van der Waals surface area contributed by atoms with Crippen LogP contribution in [-0.4, -0.2) is 22.6 Å². The third kappa shape index (κ3) is 9.24. The third-order valence-corrected chi connectivity index (χ3v) is 14.9. The predicted octanol–water partition coefficient (Wildman–Crippen LogP) is 15.3.